The summed E-state index contributed by atoms with van der Waals surface area (Å²) in [5.41, 5.74) is 2.36. The van der Waals surface area contributed by atoms with Crippen LogP contribution in [-0.2, 0) is 17.6 Å². The van der Waals surface area contributed by atoms with Crippen molar-refractivity contribution >= 4 is 5.97 Å². The lowest BCUT2D eigenvalue weighted by atomic mass is 9.98. The van der Waals surface area contributed by atoms with Gasteiger partial charge in [0.15, 0.2) is 0 Å². The number of hydrogen-bond acceptors (Lipinski definition) is 2. The quantitative estimate of drug-likeness (QED) is 0.824. The Morgan fingerprint density at radius 3 is 2.31 bits per heavy atom. The number of carbonyl (C=O) groups is 1. The molecule has 0 bridgehead atoms. The molecule has 1 atom stereocenters. The van der Waals surface area contributed by atoms with E-state index in [4.69, 9.17) is 5.11 Å². The second-order valence-electron chi connectivity index (χ2n) is 4.14. The van der Waals surface area contributed by atoms with Gasteiger partial charge in [-0.15, -0.1) is 0 Å². The van der Waals surface area contributed by atoms with Gasteiger partial charge in [0.1, 0.15) is 6.04 Å². The van der Waals surface area contributed by atoms with E-state index in [-0.39, 0.29) is 0 Å². The molecule has 0 aromatic heterocycles. The van der Waals surface area contributed by atoms with Crippen molar-refractivity contribution in [3.8, 4) is 0 Å². The first-order chi connectivity index (χ1) is 7.56. The van der Waals surface area contributed by atoms with Crippen LogP contribution in [0.15, 0.2) is 24.3 Å². The molecule has 0 aliphatic heterocycles. The van der Waals surface area contributed by atoms with E-state index in [1.165, 1.54) is 5.56 Å². The summed E-state index contributed by atoms with van der Waals surface area (Å²) in [7, 11) is 3.60. The van der Waals surface area contributed by atoms with Crippen LogP contribution in [0.5, 0.6) is 0 Å². The first-order valence-corrected chi connectivity index (χ1v) is 5.52. The van der Waals surface area contributed by atoms with Gasteiger partial charge in [-0.1, -0.05) is 31.2 Å². The molecule has 0 radical (unpaired) electrons. The highest BCUT2D eigenvalue weighted by Crippen LogP contribution is 2.13. The predicted octanol–water partition coefficient (Wildman–Crippen LogP) is 1.81. The van der Waals surface area contributed by atoms with Crippen molar-refractivity contribution in [3.05, 3.63) is 35.4 Å². The smallest absolute Gasteiger partial charge is 0.321 e. The molecular weight excluding hydrogens is 202 g/mol. The molecule has 0 unspecified atom stereocenters. The van der Waals surface area contributed by atoms with Crippen molar-refractivity contribution in [1.82, 2.24) is 4.90 Å². The molecule has 3 nitrogen and oxygen atoms in total. The molecule has 1 aromatic rings. The predicted molar refractivity (Wildman–Crippen MR) is 64.6 cm³/mol. The van der Waals surface area contributed by atoms with E-state index in [9.17, 15) is 4.79 Å². The highest BCUT2D eigenvalue weighted by atomic mass is 16.4. The summed E-state index contributed by atoms with van der Waals surface area (Å²) in [6, 6.07) is 7.58. The van der Waals surface area contributed by atoms with Crippen LogP contribution in [0, 0.1) is 0 Å². The van der Waals surface area contributed by atoms with E-state index >= 15 is 0 Å². The van der Waals surface area contributed by atoms with E-state index in [0.717, 1.165) is 12.0 Å². The fourth-order valence-electron chi connectivity index (χ4n) is 1.80. The summed E-state index contributed by atoms with van der Waals surface area (Å²) in [6.45, 7) is 2.09. The van der Waals surface area contributed by atoms with Gasteiger partial charge in [0, 0.05) is 0 Å². The number of benzene rings is 1. The Bertz CT molecular complexity index is 361. The van der Waals surface area contributed by atoms with E-state index in [1.54, 1.807) is 19.0 Å². The van der Waals surface area contributed by atoms with Gasteiger partial charge in [-0.25, -0.2) is 0 Å². The monoisotopic (exact) mass is 221 g/mol. The maximum atomic E-state index is 11.1. The van der Waals surface area contributed by atoms with Crippen LogP contribution in [0.3, 0.4) is 0 Å². The van der Waals surface area contributed by atoms with Gasteiger partial charge < -0.3 is 5.11 Å². The van der Waals surface area contributed by atoms with Crippen LogP contribution in [0.1, 0.15) is 18.1 Å². The topological polar surface area (TPSA) is 40.5 Å². The number of hydrogen-bond donors (Lipinski definition) is 1. The highest BCUT2D eigenvalue weighted by molar-refractivity contribution is 5.73. The molecule has 16 heavy (non-hydrogen) atoms. The molecule has 1 rings (SSSR count). The Morgan fingerprint density at radius 2 is 1.88 bits per heavy atom. The minimum absolute atomic E-state index is 0.451. The van der Waals surface area contributed by atoms with Crippen LogP contribution in [0.4, 0.5) is 0 Å². The molecule has 1 N–H and O–H groups in total. The summed E-state index contributed by atoms with van der Waals surface area (Å²) < 4.78 is 0. The normalized spacial score (nSPS) is 12.8. The van der Waals surface area contributed by atoms with Crippen LogP contribution in [0.25, 0.3) is 0 Å². The van der Waals surface area contributed by atoms with Crippen molar-refractivity contribution in [2.45, 2.75) is 25.8 Å². The van der Waals surface area contributed by atoms with E-state index in [2.05, 4.69) is 13.0 Å². The van der Waals surface area contributed by atoms with Gasteiger partial charge in [-0.3, -0.25) is 9.69 Å². The van der Waals surface area contributed by atoms with Gasteiger partial charge in [0.25, 0.3) is 0 Å². The largest absolute Gasteiger partial charge is 0.480 e. The Balaban J connectivity index is 2.89. The number of carboxylic acid groups (broad SMARTS) is 1. The van der Waals surface area contributed by atoms with Gasteiger partial charge in [0.2, 0.25) is 0 Å². The van der Waals surface area contributed by atoms with Crippen LogP contribution in [-0.4, -0.2) is 36.1 Å². The SMILES string of the molecule is CCc1ccccc1C[C@@H](C(=O)O)N(C)C. The Morgan fingerprint density at radius 1 is 1.31 bits per heavy atom. The average Bonchev–Trinajstić information content (AvgIpc) is 2.25. The lowest BCUT2D eigenvalue weighted by Crippen LogP contribution is -2.37. The minimum Gasteiger partial charge on any atom is -0.480 e. The van der Waals surface area contributed by atoms with E-state index < -0.39 is 12.0 Å². The average molecular weight is 221 g/mol. The Kier molecular flexibility index (Phi) is 4.50. The summed E-state index contributed by atoms with van der Waals surface area (Å²) in [4.78, 5) is 12.8. The number of carboxylic acids is 1. The summed E-state index contributed by atoms with van der Waals surface area (Å²) >= 11 is 0. The van der Waals surface area contributed by atoms with Crippen LogP contribution >= 0.6 is 0 Å². The highest BCUT2D eigenvalue weighted by Gasteiger charge is 2.20. The summed E-state index contributed by atoms with van der Waals surface area (Å²) in [5.74, 6) is -0.768. The molecule has 0 aliphatic rings. The molecule has 88 valence electrons. The van der Waals surface area contributed by atoms with E-state index in [1.807, 2.05) is 18.2 Å². The number of aryl methyl sites for hydroxylation is 1. The van der Waals surface area contributed by atoms with Crippen molar-refractivity contribution in [2.75, 3.05) is 14.1 Å². The number of aliphatic carboxylic acids is 1. The standard InChI is InChI=1S/C13H19NO2/c1-4-10-7-5-6-8-11(10)9-12(13(15)16)14(2)3/h5-8,12H,4,9H2,1-3H3,(H,15,16)/t12-/m0/s1. The molecule has 0 fully saturated rings. The molecule has 0 heterocycles. The van der Waals surface area contributed by atoms with Crippen LogP contribution < -0.4 is 0 Å². The molecule has 0 amide bonds. The fraction of sp³-hybridized carbons (Fsp3) is 0.462. The lowest BCUT2D eigenvalue weighted by Gasteiger charge is -2.21. The van der Waals surface area contributed by atoms with Gasteiger partial charge in [0.05, 0.1) is 0 Å². The second-order valence-corrected chi connectivity index (χ2v) is 4.14. The molecule has 0 saturated heterocycles. The van der Waals surface area contributed by atoms with Crippen molar-refractivity contribution < 1.29 is 9.90 Å². The third-order valence-corrected chi connectivity index (χ3v) is 2.82. The molecule has 0 aliphatic carbocycles. The number of likely N-dealkylation sites (N-methyl/N-ethyl adjacent to an activating group) is 1. The maximum absolute atomic E-state index is 11.1. The van der Waals surface area contributed by atoms with Gasteiger partial charge in [-0.2, -0.15) is 0 Å². The molecular formula is C13H19NO2. The van der Waals surface area contributed by atoms with Gasteiger partial charge in [-0.05, 0) is 38.1 Å². The molecule has 1 aromatic carbocycles. The van der Waals surface area contributed by atoms with Crippen molar-refractivity contribution in [2.24, 2.45) is 0 Å². The zero-order valence-corrected chi connectivity index (χ0v) is 10.1. The first kappa shape index (κ1) is 12.7. The maximum Gasteiger partial charge on any atom is 0.321 e. The Labute approximate surface area is 96.7 Å². The van der Waals surface area contributed by atoms with Gasteiger partial charge >= 0.3 is 5.97 Å². The first-order valence-electron chi connectivity index (χ1n) is 5.52. The fourth-order valence-corrected chi connectivity index (χ4v) is 1.80. The lowest BCUT2D eigenvalue weighted by molar-refractivity contribution is -0.142. The second kappa shape index (κ2) is 5.66. The van der Waals surface area contributed by atoms with Crippen LogP contribution in [0.2, 0.25) is 0 Å². The van der Waals surface area contributed by atoms with Crippen molar-refractivity contribution in [1.29, 1.82) is 0 Å². The Hall–Kier alpha value is -1.35. The zero-order chi connectivity index (χ0) is 12.1. The van der Waals surface area contributed by atoms with Crippen molar-refractivity contribution in [3.63, 3.8) is 0 Å². The summed E-state index contributed by atoms with van der Waals surface area (Å²) in [6.07, 6.45) is 1.50. The summed E-state index contributed by atoms with van der Waals surface area (Å²) in [5, 5.41) is 9.13. The number of nitrogens with zero attached hydrogens (tertiary/aromatic N) is 1. The molecule has 0 saturated carbocycles. The number of rotatable bonds is 5. The molecule has 0 spiro atoms. The molecule has 3 heteroatoms. The van der Waals surface area contributed by atoms with E-state index in [0.29, 0.717) is 6.42 Å². The third-order valence-electron chi connectivity index (χ3n) is 2.82. The minimum atomic E-state index is -0.768. The third kappa shape index (κ3) is 3.07. The zero-order valence-electron chi connectivity index (χ0n) is 10.1.